The molecule has 0 aromatic heterocycles. The highest BCUT2D eigenvalue weighted by Crippen LogP contribution is 2.51. The van der Waals surface area contributed by atoms with Crippen LogP contribution in [0.1, 0.15) is 119 Å². The summed E-state index contributed by atoms with van der Waals surface area (Å²) in [5.74, 6) is -1.29. The number of aromatic hydroxyl groups is 1. The van der Waals surface area contributed by atoms with Crippen LogP contribution in [0, 0.1) is 0 Å². The number of benzene rings is 2. The quantitative estimate of drug-likeness (QED) is 0.119. The molecule has 0 radical (unpaired) electrons. The van der Waals surface area contributed by atoms with Crippen molar-refractivity contribution in [1.82, 2.24) is 4.90 Å². The first-order chi connectivity index (χ1) is 21.5. The van der Waals surface area contributed by atoms with Gasteiger partial charge in [0.15, 0.2) is 0 Å². The number of phenols is 1. The number of ether oxygens (including phenoxy) is 1. The van der Waals surface area contributed by atoms with Gasteiger partial charge in [0.1, 0.15) is 24.2 Å². The van der Waals surface area contributed by atoms with E-state index in [0.717, 1.165) is 32.0 Å². The van der Waals surface area contributed by atoms with Crippen LogP contribution in [-0.4, -0.2) is 73.7 Å². The topological polar surface area (TPSA) is 128 Å². The van der Waals surface area contributed by atoms with E-state index in [1.165, 1.54) is 4.90 Å². The highest BCUT2D eigenvalue weighted by atomic mass is 32.2. The molecule has 2 aromatic carbocycles. The molecule has 0 saturated heterocycles. The van der Waals surface area contributed by atoms with E-state index in [0.29, 0.717) is 11.5 Å². The maximum Gasteiger partial charge on any atom is 0.317 e. The Hall–Kier alpha value is -2.40. The summed E-state index contributed by atoms with van der Waals surface area (Å²) in [6.07, 6.45) is -1.10. The molecule has 0 heterocycles. The summed E-state index contributed by atoms with van der Waals surface area (Å²) < 4.78 is 6.08. The second-order valence-corrected chi connectivity index (χ2v) is 20.9. The number of phenolic OH excluding ortho intramolecular Hbond substituents is 1. The molecule has 1 atom stereocenters. The number of hydrogen-bond acceptors (Lipinski definition) is 8. The standard InChI is InChI=1S/C38H59NO7S2/c1-34(2,3)26-15-24(16-27(32(26)45)35(4,5)6)47-38(13,14)48-25-17-28(36(7,8)9)33(29(18-25)37(10,11)12)46-22-23(40)19-39(20-30(41)42)21-31(43)44/h15-18,23,40,45H,19-22H2,1-14H3,(H,41,42)(H,43,44). The van der Waals surface area contributed by atoms with E-state index in [4.69, 9.17) is 4.74 Å². The Balaban J connectivity index is 2.53. The highest BCUT2D eigenvalue weighted by Gasteiger charge is 2.32. The van der Waals surface area contributed by atoms with E-state index in [1.54, 1.807) is 23.5 Å². The van der Waals surface area contributed by atoms with Gasteiger partial charge in [-0.1, -0.05) is 83.1 Å². The third-order valence-corrected chi connectivity index (χ3v) is 10.1. The Morgan fingerprint density at radius 3 is 1.31 bits per heavy atom. The van der Waals surface area contributed by atoms with Crippen LogP contribution in [0.3, 0.4) is 0 Å². The fourth-order valence-electron chi connectivity index (χ4n) is 5.43. The Kier molecular flexibility index (Phi) is 13.3. The molecule has 0 fully saturated rings. The average Bonchev–Trinajstić information content (AvgIpc) is 2.84. The SMILES string of the molecule is CC(C)(Sc1cc(C(C)(C)C)c(O)c(C(C)(C)C)c1)Sc1cc(C(C)(C)C)c(OCC(O)CN(CC(=O)O)CC(=O)O)c(C(C)(C)C)c1. The van der Waals surface area contributed by atoms with Gasteiger partial charge in [0, 0.05) is 38.6 Å². The van der Waals surface area contributed by atoms with Gasteiger partial charge in [-0.25, -0.2) is 0 Å². The molecule has 0 spiro atoms. The lowest BCUT2D eigenvalue weighted by Gasteiger charge is -2.33. The molecule has 10 heteroatoms. The number of aliphatic carboxylic acids is 2. The number of aliphatic hydroxyl groups is 1. The summed E-state index contributed by atoms with van der Waals surface area (Å²) in [6, 6.07) is 8.55. The molecule has 1 unspecified atom stereocenters. The Morgan fingerprint density at radius 2 is 1.00 bits per heavy atom. The number of hydrogen-bond donors (Lipinski definition) is 4. The first kappa shape index (κ1) is 41.8. The van der Waals surface area contributed by atoms with Crippen LogP contribution in [-0.2, 0) is 31.2 Å². The minimum absolute atomic E-state index is 0.122. The third kappa shape index (κ3) is 12.2. The fraction of sp³-hybridized carbons (Fsp3) is 0.632. The average molecular weight is 706 g/mol. The van der Waals surface area contributed by atoms with Crippen molar-refractivity contribution in [3.8, 4) is 11.5 Å². The summed E-state index contributed by atoms with van der Waals surface area (Å²) in [7, 11) is 0. The van der Waals surface area contributed by atoms with E-state index in [9.17, 15) is 30.0 Å². The third-order valence-electron chi connectivity index (χ3n) is 7.71. The lowest BCUT2D eigenvalue weighted by molar-refractivity contribution is -0.142. The van der Waals surface area contributed by atoms with Gasteiger partial charge in [-0.3, -0.25) is 14.5 Å². The van der Waals surface area contributed by atoms with Crippen molar-refractivity contribution in [2.24, 2.45) is 0 Å². The second kappa shape index (κ2) is 15.2. The number of thioether (sulfide) groups is 2. The van der Waals surface area contributed by atoms with Gasteiger partial charge < -0.3 is 25.2 Å². The van der Waals surface area contributed by atoms with Gasteiger partial charge >= 0.3 is 11.9 Å². The van der Waals surface area contributed by atoms with Crippen LogP contribution >= 0.6 is 23.5 Å². The van der Waals surface area contributed by atoms with E-state index >= 15 is 0 Å². The number of carbonyl (C=O) groups is 2. The number of aliphatic hydroxyl groups excluding tert-OH is 1. The number of carboxylic acid groups (broad SMARTS) is 2. The molecule has 8 nitrogen and oxygen atoms in total. The second-order valence-electron chi connectivity index (χ2n) is 17.2. The van der Waals surface area contributed by atoms with Gasteiger partial charge in [-0.2, -0.15) is 0 Å². The molecule has 0 saturated carbocycles. The number of rotatable bonds is 13. The van der Waals surface area contributed by atoms with Crippen molar-refractivity contribution in [2.75, 3.05) is 26.2 Å². The predicted octanol–water partition coefficient (Wildman–Crippen LogP) is 8.41. The van der Waals surface area contributed by atoms with Crippen LogP contribution in [0.5, 0.6) is 11.5 Å². The van der Waals surface area contributed by atoms with Crippen LogP contribution in [0.15, 0.2) is 34.1 Å². The van der Waals surface area contributed by atoms with E-state index < -0.39 is 31.1 Å². The number of nitrogens with zero attached hydrogens (tertiary/aromatic N) is 1. The largest absolute Gasteiger partial charge is 0.507 e. The van der Waals surface area contributed by atoms with Crippen LogP contribution < -0.4 is 4.74 Å². The Bertz CT molecular complexity index is 1370. The molecule has 0 bridgehead atoms. The summed E-state index contributed by atoms with van der Waals surface area (Å²) in [5.41, 5.74) is 2.74. The van der Waals surface area contributed by atoms with Crippen molar-refractivity contribution in [3.63, 3.8) is 0 Å². The first-order valence-corrected chi connectivity index (χ1v) is 18.1. The van der Waals surface area contributed by atoms with E-state index in [1.807, 2.05) is 0 Å². The van der Waals surface area contributed by atoms with Crippen molar-refractivity contribution < 1.29 is 34.8 Å². The van der Waals surface area contributed by atoms with Gasteiger partial charge in [-0.15, -0.1) is 23.5 Å². The zero-order valence-electron chi connectivity index (χ0n) is 31.5. The van der Waals surface area contributed by atoms with Crippen molar-refractivity contribution in [3.05, 3.63) is 46.5 Å². The molecule has 270 valence electrons. The molecule has 0 aliphatic carbocycles. The monoisotopic (exact) mass is 705 g/mol. The molecule has 4 N–H and O–H groups in total. The van der Waals surface area contributed by atoms with Gasteiger partial charge in [0.2, 0.25) is 0 Å². The Labute approximate surface area is 297 Å². The van der Waals surface area contributed by atoms with Gasteiger partial charge in [0.25, 0.3) is 0 Å². The van der Waals surface area contributed by atoms with Crippen LogP contribution in [0.25, 0.3) is 0 Å². The first-order valence-electron chi connectivity index (χ1n) is 16.4. The molecule has 0 aliphatic rings. The van der Waals surface area contributed by atoms with Crippen LogP contribution in [0.4, 0.5) is 0 Å². The maximum absolute atomic E-state index is 11.3. The minimum Gasteiger partial charge on any atom is -0.507 e. The zero-order chi connectivity index (χ0) is 37.2. The van der Waals surface area contributed by atoms with Crippen molar-refractivity contribution >= 4 is 35.5 Å². The van der Waals surface area contributed by atoms with Gasteiger partial charge in [-0.05, 0) is 59.8 Å². The molecule has 48 heavy (non-hydrogen) atoms. The zero-order valence-corrected chi connectivity index (χ0v) is 33.1. The normalized spacial score (nSPS) is 13.9. The van der Waals surface area contributed by atoms with Gasteiger partial charge in [0.05, 0.1) is 17.2 Å². The summed E-state index contributed by atoms with van der Waals surface area (Å²) >= 11 is 3.53. The van der Waals surface area contributed by atoms with Crippen molar-refractivity contribution in [2.45, 2.75) is 139 Å². The molecule has 2 rings (SSSR count). The lowest BCUT2D eigenvalue weighted by atomic mass is 9.79. The summed E-state index contributed by atoms with van der Waals surface area (Å²) in [6.45, 7) is 28.6. The maximum atomic E-state index is 11.3. The summed E-state index contributed by atoms with van der Waals surface area (Å²) in [5, 5.41) is 40.5. The van der Waals surface area contributed by atoms with E-state index in [2.05, 4.69) is 121 Å². The molecule has 0 aliphatic heterocycles. The minimum atomic E-state index is -1.17. The smallest absolute Gasteiger partial charge is 0.317 e. The molecule has 0 amide bonds. The molecular formula is C38H59NO7S2. The highest BCUT2D eigenvalue weighted by molar-refractivity contribution is 8.18. The Morgan fingerprint density at radius 1 is 0.667 bits per heavy atom. The van der Waals surface area contributed by atoms with Crippen LogP contribution in [0.2, 0.25) is 0 Å². The fourth-order valence-corrected chi connectivity index (χ4v) is 8.01. The summed E-state index contributed by atoms with van der Waals surface area (Å²) in [4.78, 5) is 25.9. The van der Waals surface area contributed by atoms with E-state index in [-0.39, 0.29) is 38.9 Å². The van der Waals surface area contributed by atoms with Crippen molar-refractivity contribution in [1.29, 1.82) is 0 Å². The lowest BCUT2D eigenvalue weighted by Crippen LogP contribution is -2.41. The predicted molar refractivity (Wildman–Crippen MR) is 198 cm³/mol. The molecular weight excluding hydrogens is 647 g/mol. The number of carboxylic acids is 2. The molecule has 2 aromatic rings.